The van der Waals surface area contributed by atoms with Gasteiger partial charge >= 0.3 is 0 Å². The van der Waals surface area contributed by atoms with Crippen molar-refractivity contribution >= 4 is 11.3 Å². The predicted octanol–water partition coefficient (Wildman–Crippen LogP) is 3.75. The van der Waals surface area contributed by atoms with Crippen LogP contribution in [0.1, 0.15) is 30.6 Å². The van der Waals surface area contributed by atoms with E-state index < -0.39 is 0 Å². The van der Waals surface area contributed by atoms with Gasteiger partial charge in [0, 0.05) is 18.7 Å². The van der Waals surface area contributed by atoms with Gasteiger partial charge in [0.2, 0.25) is 0 Å². The van der Waals surface area contributed by atoms with Crippen LogP contribution in [0, 0.1) is 0 Å². The molecule has 108 valence electrons. The Morgan fingerprint density at radius 3 is 2.80 bits per heavy atom. The molecule has 3 nitrogen and oxygen atoms in total. The van der Waals surface area contributed by atoms with E-state index in [0.717, 1.165) is 23.3 Å². The van der Waals surface area contributed by atoms with Gasteiger partial charge in [-0.1, -0.05) is 19.1 Å². The SMILES string of the molecule is CCC(N)C(Oc1cccc(COC)c1)c1ccsc1. The molecule has 0 aliphatic heterocycles. The molecule has 2 aromatic rings. The molecule has 2 unspecified atom stereocenters. The van der Waals surface area contributed by atoms with Crippen molar-refractivity contribution in [2.45, 2.75) is 32.1 Å². The van der Waals surface area contributed by atoms with E-state index in [4.69, 9.17) is 15.2 Å². The van der Waals surface area contributed by atoms with Gasteiger partial charge in [0.15, 0.2) is 0 Å². The molecule has 2 rings (SSSR count). The van der Waals surface area contributed by atoms with E-state index in [-0.39, 0.29) is 12.1 Å². The number of nitrogens with two attached hydrogens (primary N) is 1. The molecule has 2 N–H and O–H groups in total. The number of hydrogen-bond acceptors (Lipinski definition) is 4. The highest BCUT2D eigenvalue weighted by Gasteiger charge is 2.21. The topological polar surface area (TPSA) is 44.5 Å². The summed E-state index contributed by atoms with van der Waals surface area (Å²) in [5, 5.41) is 4.15. The molecular formula is C16H21NO2S. The quantitative estimate of drug-likeness (QED) is 0.845. The van der Waals surface area contributed by atoms with E-state index in [0.29, 0.717) is 6.61 Å². The first-order valence-electron chi connectivity index (χ1n) is 6.76. The average Bonchev–Trinajstić information content (AvgIpc) is 2.99. The van der Waals surface area contributed by atoms with Crippen LogP contribution in [0.4, 0.5) is 0 Å². The summed E-state index contributed by atoms with van der Waals surface area (Å²) in [6.45, 7) is 2.66. The molecule has 4 heteroatoms. The molecule has 1 aromatic carbocycles. The van der Waals surface area contributed by atoms with Crippen LogP contribution in [0.15, 0.2) is 41.1 Å². The standard InChI is InChI=1S/C16H21NO2S/c1-3-15(17)16(13-7-8-20-11-13)19-14-6-4-5-12(9-14)10-18-2/h4-9,11,15-16H,3,10,17H2,1-2H3. The van der Waals surface area contributed by atoms with Crippen LogP contribution < -0.4 is 10.5 Å². The molecular weight excluding hydrogens is 270 g/mol. The minimum absolute atomic E-state index is 0.0179. The fraction of sp³-hybridized carbons (Fsp3) is 0.375. The fourth-order valence-electron chi connectivity index (χ4n) is 2.08. The van der Waals surface area contributed by atoms with Crippen LogP contribution in [0.2, 0.25) is 0 Å². The van der Waals surface area contributed by atoms with Gasteiger partial charge in [0.25, 0.3) is 0 Å². The average molecular weight is 291 g/mol. The molecule has 0 amide bonds. The van der Waals surface area contributed by atoms with Crippen LogP contribution in [0.3, 0.4) is 0 Å². The second kappa shape index (κ2) is 7.43. The normalized spacial score (nSPS) is 13.9. The molecule has 0 aliphatic carbocycles. The lowest BCUT2D eigenvalue weighted by atomic mass is 10.0. The molecule has 0 fully saturated rings. The fourth-order valence-corrected chi connectivity index (χ4v) is 2.76. The summed E-state index contributed by atoms with van der Waals surface area (Å²) in [5.41, 5.74) is 8.44. The highest BCUT2D eigenvalue weighted by atomic mass is 32.1. The summed E-state index contributed by atoms with van der Waals surface area (Å²) in [6, 6.07) is 10.0. The summed E-state index contributed by atoms with van der Waals surface area (Å²) < 4.78 is 11.3. The highest BCUT2D eigenvalue weighted by molar-refractivity contribution is 7.07. The van der Waals surface area contributed by atoms with Crippen molar-refractivity contribution in [3.05, 3.63) is 52.2 Å². The molecule has 0 aliphatic rings. The number of rotatable bonds is 7. The summed E-state index contributed by atoms with van der Waals surface area (Å²) >= 11 is 1.66. The van der Waals surface area contributed by atoms with Crippen molar-refractivity contribution in [1.29, 1.82) is 0 Å². The Bertz CT molecular complexity index is 513. The van der Waals surface area contributed by atoms with Gasteiger partial charge in [0.05, 0.1) is 6.61 Å². The van der Waals surface area contributed by atoms with Gasteiger partial charge in [-0.3, -0.25) is 0 Å². The van der Waals surface area contributed by atoms with Crippen molar-refractivity contribution in [2.75, 3.05) is 7.11 Å². The Labute approximate surface area is 124 Å². The van der Waals surface area contributed by atoms with Crippen molar-refractivity contribution in [2.24, 2.45) is 5.73 Å². The number of hydrogen-bond donors (Lipinski definition) is 1. The van der Waals surface area contributed by atoms with Crippen LogP contribution in [0.25, 0.3) is 0 Å². The molecule has 1 heterocycles. The van der Waals surface area contributed by atoms with E-state index >= 15 is 0 Å². The number of benzene rings is 1. The molecule has 0 spiro atoms. The first-order valence-corrected chi connectivity index (χ1v) is 7.71. The zero-order valence-electron chi connectivity index (χ0n) is 11.9. The first-order chi connectivity index (χ1) is 9.74. The van der Waals surface area contributed by atoms with Gasteiger partial charge in [-0.25, -0.2) is 0 Å². The van der Waals surface area contributed by atoms with E-state index in [9.17, 15) is 0 Å². The second-order valence-corrected chi connectivity index (χ2v) is 5.53. The lowest BCUT2D eigenvalue weighted by Crippen LogP contribution is -2.31. The molecule has 2 atom stereocenters. The summed E-state index contributed by atoms with van der Waals surface area (Å²) in [6.07, 6.45) is 0.766. The smallest absolute Gasteiger partial charge is 0.140 e. The number of thiophene rings is 1. The maximum absolute atomic E-state index is 6.21. The Balaban J connectivity index is 2.17. The van der Waals surface area contributed by atoms with E-state index in [1.807, 2.05) is 24.3 Å². The molecule has 1 aromatic heterocycles. The van der Waals surface area contributed by atoms with Gasteiger partial charge in [-0.2, -0.15) is 11.3 Å². The van der Waals surface area contributed by atoms with Crippen LogP contribution in [0.5, 0.6) is 5.75 Å². The summed E-state index contributed by atoms with van der Waals surface area (Å²) in [7, 11) is 1.69. The Morgan fingerprint density at radius 1 is 1.30 bits per heavy atom. The number of methoxy groups -OCH3 is 1. The summed E-state index contributed by atoms with van der Waals surface area (Å²) in [5.74, 6) is 0.833. The lowest BCUT2D eigenvalue weighted by molar-refractivity contribution is 0.168. The zero-order chi connectivity index (χ0) is 14.4. The van der Waals surface area contributed by atoms with Crippen LogP contribution in [-0.2, 0) is 11.3 Å². The van der Waals surface area contributed by atoms with Crippen molar-refractivity contribution in [3.8, 4) is 5.75 Å². The molecule has 0 bridgehead atoms. The maximum Gasteiger partial charge on any atom is 0.140 e. The molecule has 0 saturated heterocycles. The summed E-state index contributed by atoms with van der Waals surface area (Å²) in [4.78, 5) is 0. The third-order valence-corrected chi connectivity index (χ3v) is 3.91. The van der Waals surface area contributed by atoms with Crippen LogP contribution >= 0.6 is 11.3 Å². The number of ether oxygens (including phenoxy) is 2. The third kappa shape index (κ3) is 3.82. The Morgan fingerprint density at radius 2 is 2.15 bits per heavy atom. The van der Waals surface area contributed by atoms with E-state index in [1.165, 1.54) is 0 Å². The predicted molar refractivity (Wildman–Crippen MR) is 83.1 cm³/mol. The van der Waals surface area contributed by atoms with E-state index in [1.54, 1.807) is 18.4 Å². The lowest BCUT2D eigenvalue weighted by Gasteiger charge is -2.24. The van der Waals surface area contributed by atoms with Crippen molar-refractivity contribution in [3.63, 3.8) is 0 Å². The van der Waals surface area contributed by atoms with Gasteiger partial charge < -0.3 is 15.2 Å². The maximum atomic E-state index is 6.21. The van der Waals surface area contributed by atoms with E-state index in [2.05, 4.69) is 23.8 Å². The second-order valence-electron chi connectivity index (χ2n) is 4.75. The molecule has 0 saturated carbocycles. The van der Waals surface area contributed by atoms with Gasteiger partial charge in [-0.15, -0.1) is 0 Å². The molecule has 0 radical (unpaired) electrons. The zero-order valence-corrected chi connectivity index (χ0v) is 12.7. The van der Waals surface area contributed by atoms with Crippen molar-refractivity contribution in [1.82, 2.24) is 0 Å². The Kier molecular flexibility index (Phi) is 5.59. The van der Waals surface area contributed by atoms with Gasteiger partial charge in [-0.05, 0) is 40.9 Å². The highest BCUT2D eigenvalue weighted by Crippen LogP contribution is 2.27. The van der Waals surface area contributed by atoms with Gasteiger partial charge in [0.1, 0.15) is 11.9 Å². The minimum Gasteiger partial charge on any atom is -0.484 e. The first kappa shape index (κ1) is 15.0. The van der Waals surface area contributed by atoms with Crippen LogP contribution in [-0.4, -0.2) is 13.2 Å². The largest absolute Gasteiger partial charge is 0.484 e. The third-order valence-electron chi connectivity index (χ3n) is 3.20. The molecule has 20 heavy (non-hydrogen) atoms. The Hall–Kier alpha value is -1.36. The minimum atomic E-state index is -0.107. The monoisotopic (exact) mass is 291 g/mol. The van der Waals surface area contributed by atoms with Crippen molar-refractivity contribution < 1.29 is 9.47 Å².